The van der Waals surface area contributed by atoms with Crippen molar-refractivity contribution >= 4 is 44.6 Å². The van der Waals surface area contributed by atoms with Crippen LogP contribution in [0.4, 0.5) is 23.2 Å². The van der Waals surface area contributed by atoms with Gasteiger partial charge in [0.1, 0.15) is 22.9 Å². The highest BCUT2D eigenvalue weighted by atomic mass is 35.5. The van der Waals surface area contributed by atoms with Crippen molar-refractivity contribution < 1.29 is 39.9 Å². The number of ether oxygens (including phenoxy) is 1. The number of nitrogens with one attached hydrogen (secondary N) is 1. The Bertz CT molecular complexity index is 1620. The van der Waals surface area contributed by atoms with E-state index in [0.717, 1.165) is 0 Å². The maximum absolute atomic E-state index is 13.4. The van der Waals surface area contributed by atoms with E-state index in [4.69, 9.17) is 32.4 Å². The first kappa shape index (κ1) is 28.5. The summed E-state index contributed by atoms with van der Waals surface area (Å²) in [4.78, 5) is 12.6. The lowest BCUT2D eigenvalue weighted by Gasteiger charge is -2.11. The third-order valence-electron chi connectivity index (χ3n) is 5.37. The number of alkyl halides is 4. The number of halogens is 6. The fourth-order valence-electron chi connectivity index (χ4n) is 3.53. The second-order valence-corrected chi connectivity index (χ2v) is 10.7. The first-order valence-electron chi connectivity index (χ1n) is 10.8. The van der Waals surface area contributed by atoms with Gasteiger partial charge in [-0.05, 0) is 48.5 Å². The van der Waals surface area contributed by atoms with Crippen LogP contribution < -0.4 is 10.1 Å². The summed E-state index contributed by atoms with van der Waals surface area (Å²) >= 11 is 11.5. The summed E-state index contributed by atoms with van der Waals surface area (Å²) in [6.45, 7) is -0.512. The summed E-state index contributed by atoms with van der Waals surface area (Å²) in [7, 11) is -2.70. The Morgan fingerprint density at radius 1 is 1.03 bits per heavy atom. The molecule has 0 atom stereocenters. The lowest BCUT2D eigenvalue weighted by atomic mass is 10.3. The summed E-state index contributed by atoms with van der Waals surface area (Å²) < 4.78 is 90.3. The van der Waals surface area contributed by atoms with Gasteiger partial charge in [0.05, 0.1) is 28.5 Å². The number of methoxy groups -OCH3 is 1. The molecule has 206 valence electrons. The molecule has 15 heteroatoms. The van der Waals surface area contributed by atoms with Crippen LogP contribution in [0.25, 0.3) is 0 Å². The van der Waals surface area contributed by atoms with Gasteiger partial charge in [0.15, 0.2) is 5.76 Å². The number of furan rings is 1. The van der Waals surface area contributed by atoms with E-state index in [1.807, 2.05) is 0 Å². The molecule has 0 aliphatic rings. The summed E-state index contributed by atoms with van der Waals surface area (Å²) in [5.74, 6) is -1.02. The summed E-state index contributed by atoms with van der Waals surface area (Å²) in [5, 5.41) is 5.42. The van der Waals surface area contributed by atoms with E-state index in [0.29, 0.717) is 9.70 Å². The van der Waals surface area contributed by atoms with E-state index in [9.17, 15) is 30.8 Å². The zero-order valence-corrected chi connectivity index (χ0v) is 22.0. The first-order valence-corrected chi connectivity index (χ1v) is 13.1. The van der Waals surface area contributed by atoms with Crippen molar-refractivity contribution in [3.63, 3.8) is 0 Å². The normalized spacial score (nSPS) is 11.8. The minimum absolute atomic E-state index is 0.0370. The van der Waals surface area contributed by atoms with Gasteiger partial charge < -0.3 is 14.5 Å². The van der Waals surface area contributed by atoms with Crippen LogP contribution >= 0.6 is 23.2 Å². The third-order valence-corrected chi connectivity index (χ3v) is 7.76. The Labute approximate surface area is 229 Å². The van der Waals surface area contributed by atoms with E-state index < -0.39 is 51.6 Å². The van der Waals surface area contributed by atoms with Gasteiger partial charge in [-0.2, -0.15) is 5.10 Å². The molecule has 0 aliphatic heterocycles. The van der Waals surface area contributed by atoms with Gasteiger partial charge in [0, 0.05) is 16.8 Å². The quantitative estimate of drug-likeness (QED) is 0.210. The second kappa shape index (κ2) is 11.3. The molecule has 0 saturated carbocycles. The minimum Gasteiger partial charge on any atom is -0.497 e. The molecule has 8 nitrogen and oxygen atoms in total. The number of benzene rings is 2. The van der Waals surface area contributed by atoms with Crippen molar-refractivity contribution in [2.75, 3.05) is 12.4 Å². The Balaban J connectivity index is 1.57. The molecule has 0 aliphatic carbocycles. The van der Waals surface area contributed by atoms with E-state index >= 15 is 0 Å². The summed E-state index contributed by atoms with van der Waals surface area (Å²) in [6, 6.07) is 11.8. The van der Waals surface area contributed by atoms with Crippen molar-refractivity contribution in [1.82, 2.24) is 9.78 Å². The van der Waals surface area contributed by atoms with Crippen molar-refractivity contribution in [3.05, 3.63) is 87.6 Å². The van der Waals surface area contributed by atoms with E-state index in [2.05, 4.69) is 10.4 Å². The molecule has 2 aromatic heterocycles. The molecular weight excluding hydrogens is 589 g/mol. The third kappa shape index (κ3) is 6.05. The smallest absolute Gasteiger partial charge is 0.291 e. The molecule has 0 saturated heterocycles. The fraction of sp³-hybridized carbons (Fsp3) is 0.167. The number of anilines is 1. The van der Waals surface area contributed by atoms with Crippen LogP contribution in [0.5, 0.6) is 5.75 Å². The molecule has 1 N–H and O–H groups in total. The van der Waals surface area contributed by atoms with Gasteiger partial charge in [0.25, 0.3) is 18.8 Å². The topological polar surface area (TPSA) is 103 Å². The standard InChI is InChI=1S/C24H17Cl2F4N3O5S/c1-37-15-8-13(9-17(10-15)39(35,36)16-5-2-12(25)3-6-16)31-24(34)18-7-4-14(38-18)11-33-21(23(29)30)19(26)20(32-33)22(27)28/h2-10,22-23H,11H2,1H3,(H,31,34). The number of amides is 1. The van der Waals surface area contributed by atoms with Gasteiger partial charge >= 0.3 is 0 Å². The number of nitrogens with zero attached hydrogens (tertiary/aromatic N) is 2. The minimum atomic E-state index is -4.01. The lowest BCUT2D eigenvalue weighted by Crippen LogP contribution is -2.12. The van der Waals surface area contributed by atoms with Gasteiger partial charge in [-0.25, -0.2) is 26.0 Å². The molecule has 2 aromatic carbocycles. The molecule has 0 fully saturated rings. The van der Waals surface area contributed by atoms with E-state index in [1.165, 1.54) is 61.7 Å². The van der Waals surface area contributed by atoms with Crippen LogP contribution in [0.15, 0.2) is 68.8 Å². The van der Waals surface area contributed by atoms with Crippen molar-refractivity contribution in [2.24, 2.45) is 0 Å². The van der Waals surface area contributed by atoms with Crippen molar-refractivity contribution in [2.45, 2.75) is 29.2 Å². The molecule has 39 heavy (non-hydrogen) atoms. The number of carbonyl (C=O) groups is 1. The zero-order valence-electron chi connectivity index (χ0n) is 19.7. The molecule has 0 radical (unpaired) electrons. The van der Waals surface area contributed by atoms with Crippen LogP contribution in [0.1, 0.15) is 40.6 Å². The Morgan fingerprint density at radius 3 is 2.33 bits per heavy atom. The monoisotopic (exact) mass is 605 g/mol. The average molecular weight is 606 g/mol. The lowest BCUT2D eigenvalue weighted by molar-refractivity contribution is 0.0994. The molecule has 4 aromatic rings. The highest BCUT2D eigenvalue weighted by molar-refractivity contribution is 7.91. The maximum atomic E-state index is 13.4. The number of hydrogen-bond donors (Lipinski definition) is 1. The predicted molar refractivity (Wildman–Crippen MR) is 133 cm³/mol. The van der Waals surface area contributed by atoms with Crippen LogP contribution in [0.2, 0.25) is 10.0 Å². The predicted octanol–water partition coefficient (Wildman–Crippen LogP) is 6.80. The van der Waals surface area contributed by atoms with E-state index in [1.54, 1.807) is 0 Å². The zero-order chi connectivity index (χ0) is 28.5. The number of sulfone groups is 1. The van der Waals surface area contributed by atoms with E-state index in [-0.39, 0.29) is 32.7 Å². The van der Waals surface area contributed by atoms with Crippen LogP contribution in [-0.4, -0.2) is 31.2 Å². The van der Waals surface area contributed by atoms with Crippen molar-refractivity contribution in [1.29, 1.82) is 0 Å². The van der Waals surface area contributed by atoms with Crippen molar-refractivity contribution in [3.8, 4) is 5.75 Å². The largest absolute Gasteiger partial charge is 0.497 e. The summed E-state index contributed by atoms with van der Waals surface area (Å²) in [5.41, 5.74) is -1.87. The Hall–Kier alpha value is -3.55. The van der Waals surface area contributed by atoms with Gasteiger partial charge in [-0.15, -0.1) is 0 Å². The number of carbonyl (C=O) groups excluding carboxylic acids is 1. The molecule has 0 spiro atoms. The fourth-order valence-corrected chi connectivity index (χ4v) is 5.28. The molecule has 4 rings (SSSR count). The van der Waals surface area contributed by atoms with Gasteiger partial charge in [0.2, 0.25) is 9.84 Å². The molecular formula is C24H17Cl2F4N3O5S. The Kier molecular flexibility index (Phi) is 8.23. The Morgan fingerprint density at radius 2 is 1.72 bits per heavy atom. The molecule has 0 unspecified atom stereocenters. The summed E-state index contributed by atoms with van der Waals surface area (Å²) in [6.07, 6.45) is -6.37. The van der Waals surface area contributed by atoms with Gasteiger partial charge in [-0.3, -0.25) is 9.48 Å². The highest BCUT2D eigenvalue weighted by Gasteiger charge is 2.28. The maximum Gasteiger partial charge on any atom is 0.291 e. The number of rotatable bonds is 9. The van der Waals surface area contributed by atoms with Crippen LogP contribution in [0.3, 0.4) is 0 Å². The van der Waals surface area contributed by atoms with Crippen LogP contribution in [0, 0.1) is 0 Å². The van der Waals surface area contributed by atoms with Crippen LogP contribution in [-0.2, 0) is 16.4 Å². The molecule has 2 heterocycles. The van der Waals surface area contributed by atoms with Gasteiger partial charge in [-0.1, -0.05) is 23.2 Å². The molecule has 0 bridgehead atoms. The molecule has 1 amide bonds. The number of aromatic nitrogens is 2. The second-order valence-electron chi connectivity index (χ2n) is 7.92. The average Bonchev–Trinajstić information content (AvgIpc) is 3.48. The SMILES string of the molecule is COc1cc(NC(=O)c2ccc(Cn3nc(C(F)F)c(Cl)c3C(F)F)o2)cc(S(=O)(=O)c2ccc(Cl)cc2)c1. The highest BCUT2D eigenvalue weighted by Crippen LogP contribution is 2.35. The first-order chi connectivity index (χ1) is 18.4. The number of hydrogen-bond acceptors (Lipinski definition) is 6.